The summed E-state index contributed by atoms with van der Waals surface area (Å²) in [6.45, 7) is 1.07. The van der Waals surface area contributed by atoms with E-state index in [4.69, 9.17) is 11.1 Å². The number of hydrogen-bond acceptors (Lipinski definition) is 2. The van der Waals surface area contributed by atoms with Gasteiger partial charge in [-0.3, -0.25) is 5.41 Å². The second-order valence-corrected chi connectivity index (χ2v) is 3.65. The van der Waals surface area contributed by atoms with Gasteiger partial charge in [-0.1, -0.05) is 24.3 Å². The molecule has 0 radical (unpaired) electrons. The predicted molar refractivity (Wildman–Crippen MR) is 57.4 cm³/mol. The van der Waals surface area contributed by atoms with Gasteiger partial charge in [-0.15, -0.1) is 0 Å². The standard InChI is InChI=1S/C11H15N3/c12-11(13)9-5-2-1-4-8(9)10-6-3-7-14-10/h1-2,4-5,10,14H,3,6-7H2,(H3,12,13). The Balaban J connectivity index is 2.35. The fourth-order valence-electron chi connectivity index (χ4n) is 2.00. The number of nitrogens with two attached hydrogens (primary N) is 1. The van der Waals surface area contributed by atoms with Gasteiger partial charge in [0.15, 0.2) is 0 Å². The summed E-state index contributed by atoms with van der Waals surface area (Å²) in [6, 6.07) is 8.28. The Labute approximate surface area is 83.8 Å². The number of benzene rings is 1. The number of rotatable bonds is 2. The van der Waals surface area contributed by atoms with Crippen LogP contribution in [-0.4, -0.2) is 12.4 Å². The van der Waals surface area contributed by atoms with Gasteiger partial charge >= 0.3 is 0 Å². The summed E-state index contributed by atoms with van der Waals surface area (Å²) < 4.78 is 0. The molecule has 0 amide bonds. The molecule has 3 heteroatoms. The topological polar surface area (TPSA) is 61.9 Å². The molecular formula is C11H15N3. The third-order valence-corrected chi connectivity index (χ3v) is 2.69. The lowest BCUT2D eigenvalue weighted by atomic mass is 9.98. The van der Waals surface area contributed by atoms with E-state index in [9.17, 15) is 0 Å². The van der Waals surface area contributed by atoms with Crippen LogP contribution in [0.3, 0.4) is 0 Å². The fraction of sp³-hybridized carbons (Fsp3) is 0.364. The first kappa shape index (κ1) is 9.21. The van der Waals surface area contributed by atoms with Crippen molar-refractivity contribution in [1.29, 1.82) is 5.41 Å². The molecule has 1 fully saturated rings. The molecule has 1 atom stereocenters. The summed E-state index contributed by atoms with van der Waals surface area (Å²) in [5.41, 5.74) is 7.57. The van der Waals surface area contributed by atoms with Crippen molar-refractivity contribution < 1.29 is 0 Å². The Kier molecular flexibility index (Phi) is 2.50. The van der Waals surface area contributed by atoms with Crippen LogP contribution in [0.25, 0.3) is 0 Å². The van der Waals surface area contributed by atoms with Crippen LogP contribution >= 0.6 is 0 Å². The molecule has 14 heavy (non-hydrogen) atoms. The third-order valence-electron chi connectivity index (χ3n) is 2.69. The van der Waals surface area contributed by atoms with Crippen molar-refractivity contribution in [3.63, 3.8) is 0 Å². The zero-order chi connectivity index (χ0) is 9.97. The van der Waals surface area contributed by atoms with Crippen LogP contribution in [0.4, 0.5) is 0 Å². The zero-order valence-corrected chi connectivity index (χ0v) is 8.09. The van der Waals surface area contributed by atoms with Gasteiger partial charge in [0.05, 0.1) is 0 Å². The van der Waals surface area contributed by atoms with Gasteiger partial charge in [0.2, 0.25) is 0 Å². The second-order valence-electron chi connectivity index (χ2n) is 3.65. The Morgan fingerprint density at radius 2 is 2.21 bits per heavy atom. The van der Waals surface area contributed by atoms with E-state index in [1.165, 1.54) is 6.42 Å². The van der Waals surface area contributed by atoms with E-state index in [1.807, 2.05) is 18.2 Å². The van der Waals surface area contributed by atoms with Crippen molar-refractivity contribution in [2.45, 2.75) is 18.9 Å². The summed E-state index contributed by atoms with van der Waals surface area (Å²) in [7, 11) is 0. The molecular weight excluding hydrogens is 174 g/mol. The quantitative estimate of drug-likeness (QED) is 0.486. The van der Waals surface area contributed by atoms with E-state index in [1.54, 1.807) is 0 Å². The van der Waals surface area contributed by atoms with E-state index in [0.717, 1.165) is 24.1 Å². The number of nitrogen functional groups attached to an aromatic ring is 1. The first-order valence-corrected chi connectivity index (χ1v) is 4.96. The van der Waals surface area contributed by atoms with Gasteiger partial charge in [-0.2, -0.15) is 0 Å². The predicted octanol–water partition coefficient (Wildman–Crippen LogP) is 1.40. The molecule has 0 aliphatic carbocycles. The van der Waals surface area contributed by atoms with Crippen molar-refractivity contribution in [3.05, 3.63) is 35.4 Å². The molecule has 74 valence electrons. The van der Waals surface area contributed by atoms with Crippen molar-refractivity contribution in [1.82, 2.24) is 5.32 Å². The van der Waals surface area contributed by atoms with Crippen LogP contribution in [-0.2, 0) is 0 Å². The SMILES string of the molecule is N=C(N)c1ccccc1C1CCCN1. The first-order chi connectivity index (χ1) is 6.79. The van der Waals surface area contributed by atoms with Crippen LogP contribution in [0.2, 0.25) is 0 Å². The zero-order valence-electron chi connectivity index (χ0n) is 8.09. The van der Waals surface area contributed by atoms with E-state index in [2.05, 4.69) is 11.4 Å². The first-order valence-electron chi connectivity index (χ1n) is 4.96. The van der Waals surface area contributed by atoms with Gasteiger partial charge in [0, 0.05) is 11.6 Å². The van der Waals surface area contributed by atoms with Crippen LogP contribution < -0.4 is 11.1 Å². The molecule has 0 aromatic heterocycles. The van der Waals surface area contributed by atoms with Crippen molar-refractivity contribution >= 4 is 5.84 Å². The molecule has 4 N–H and O–H groups in total. The molecule has 1 aromatic rings. The maximum atomic E-state index is 7.49. The Morgan fingerprint density at radius 3 is 2.86 bits per heavy atom. The Morgan fingerprint density at radius 1 is 1.43 bits per heavy atom. The molecule has 0 saturated carbocycles. The lowest BCUT2D eigenvalue weighted by Gasteiger charge is -2.14. The van der Waals surface area contributed by atoms with Gasteiger partial charge < -0.3 is 11.1 Å². The van der Waals surface area contributed by atoms with Crippen molar-refractivity contribution in [3.8, 4) is 0 Å². The summed E-state index contributed by atoms with van der Waals surface area (Å²) >= 11 is 0. The van der Waals surface area contributed by atoms with Crippen LogP contribution in [0.1, 0.15) is 30.0 Å². The second kappa shape index (κ2) is 3.80. The van der Waals surface area contributed by atoms with E-state index in [0.29, 0.717) is 6.04 Å². The maximum absolute atomic E-state index is 7.49. The summed E-state index contributed by atoms with van der Waals surface area (Å²) in [6.07, 6.45) is 2.35. The lowest BCUT2D eigenvalue weighted by Crippen LogP contribution is -2.19. The van der Waals surface area contributed by atoms with Gasteiger partial charge in [-0.25, -0.2) is 0 Å². The molecule has 1 unspecified atom stereocenters. The average molecular weight is 189 g/mol. The highest BCUT2D eigenvalue weighted by molar-refractivity contribution is 5.96. The largest absolute Gasteiger partial charge is 0.384 e. The summed E-state index contributed by atoms with van der Waals surface area (Å²) in [5.74, 6) is 0.161. The lowest BCUT2D eigenvalue weighted by molar-refractivity contribution is 0.646. The highest BCUT2D eigenvalue weighted by atomic mass is 14.9. The van der Waals surface area contributed by atoms with Gasteiger partial charge in [0.1, 0.15) is 5.84 Å². The molecule has 1 heterocycles. The maximum Gasteiger partial charge on any atom is 0.123 e. The highest BCUT2D eigenvalue weighted by Gasteiger charge is 2.19. The summed E-state index contributed by atoms with van der Waals surface area (Å²) in [4.78, 5) is 0. The molecule has 2 rings (SSSR count). The van der Waals surface area contributed by atoms with E-state index >= 15 is 0 Å². The summed E-state index contributed by atoms with van der Waals surface area (Å²) in [5, 5.41) is 10.9. The van der Waals surface area contributed by atoms with Crippen LogP contribution in [0.15, 0.2) is 24.3 Å². The monoisotopic (exact) mass is 189 g/mol. The van der Waals surface area contributed by atoms with Crippen molar-refractivity contribution in [2.24, 2.45) is 5.73 Å². The molecule has 1 aliphatic heterocycles. The smallest absolute Gasteiger partial charge is 0.123 e. The molecule has 1 aliphatic rings. The Bertz CT molecular complexity index is 340. The highest BCUT2D eigenvalue weighted by Crippen LogP contribution is 2.25. The van der Waals surface area contributed by atoms with Crippen molar-refractivity contribution in [2.75, 3.05) is 6.54 Å². The molecule has 0 bridgehead atoms. The number of nitrogens with one attached hydrogen (secondary N) is 2. The molecule has 3 nitrogen and oxygen atoms in total. The molecule has 1 saturated heterocycles. The number of amidine groups is 1. The van der Waals surface area contributed by atoms with Gasteiger partial charge in [-0.05, 0) is 24.9 Å². The Hall–Kier alpha value is -1.35. The normalized spacial score (nSPS) is 21.0. The van der Waals surface area contributed by atoms with E-state index in [-0.39, 0.29) is 5.84 Å². The molecule has 1 aromatic carbocycles. The fourth-order valence-corrected chi connectivity index (χ4v) is 2.00. The minimum Gasteiger partial charge on any atom is -0.384 e. The van der Waals surface area contributed by atoms with Gasteiger partial charge in [0.25, 0.3) is 0 Å². The number of hydrogen-bond donors (Lipinski definition) is 3. The minimum atomic E-state index is 0.161. The van der Waals surface area contributed by atoms with E-state index < -0.39 is 0 Å². The third kappa shape index (κ3) is 1.63. The van der Waals surface area contributed by atoms with Crippen LogP contribution in [0.5, 0.6) is 0 Å². The average Bonchev–Trinajstić information content (AvgIpc) is 2.70. The molecule has 0 spiro atoms. The minimum absolute atomic E-state index is 0.161. The van der Waals surface area contributed by atoms with Crippen LogP contribution in [0, 0.1) is 5.41 Å².